The molecule has 0 saturated heterocycles. The minimum absolute atomic E-state index is 0.0403. The first kappa shape index (κ1) is 18.6. The molecular formula is C20H24N2O3S. The van der Waals surface area contributed by atoms with Crippen molar-refractivity contribution in [2.45, 2.75) is 44.2 Å². The number of sulfonamides is 1. The van der Waals surface area contributed by atoms with Crippen molar-refractivity contribution in [1.29, 1.82) is 0 Å². The van der Waals surface area contributed by atoms with Gasteiger partial charge in [-0.1, -0.05) is 24.3 Å². The van der Waals surface area contributed by atoms with E-state index in [1.165, 1.54) is 16.4 Å². The molecule has 2 aromatic rings. The molecule has 0 aromatic heterocycles. The number of carbonyl (C=O) groups excluding carboxylic acids is 1. The zero-order valence-corrected chi connectivity index (χ0v) is 16.3. The second kappa shape index (κ2) is 6.85. The molecule has 0 N–H and O–H groups in total. The Morgan fingerprint density at radius 1 is 1.15 bits per heavy atom. The van der Waals surface area contributed by atoms with E-state index < -0.39 is 10.0 Å². The molecule has 0 spiro atoms. The third-order valence-electron chi connectivity index (χ3n) is 4.91. The van der Waals surface area contributed by atoms with Gasteiger partial charge in [0.2, 0.25) is 10.0 Å². The van der Waals surface area contributed by atoms with E-state index in [0.29, 0.717) is 5.56 Å². The number of benzene rings is 2. The Morgan fingerprint density at radius 2 is 1.85 bits per heavy atom. The maximum absolute atomic E-state index is 13.1. The number of rotatable bonds is 4. The molecule has 0 saturated carbocycles. The van der Waals surface area contributed by atoms with Gasteiger partial charge in [0.1, 0.15) is 0 Å². The molecule has 1 aliphatic rings. The van der Waals surface area contributed by atoms with Crippen molar-refractivity contribution in [3.63, 3.8) is 0 Å². The molecule has 26 heavy (non-hydrogen) atoms. The zero-order chi connectivity index (χ0) is 19.1. The van der Waals surface area contributed by atoms with Gasteiger partial charge in [-0.2, -0.15) is 4.31 Å². The number of fused-ring (bicyclic) bond motifs is 1. The Balaban J connectivity index is 1.98. The van der Waals surface area contributed by atoms with Gasteiger partial charge < -0.3 is 4.90 Å². The van der Waals surface area contributed by atoms with E-state index in [1.54, 1.807) is 24.1 Å². The van der Waals surface area contributed by atoms with Gasteiger partial charge in [0.15, 0.2) is 0 Å². The molecule has 0 unspecified atom stereocenters. The molecule has 3 rings (SSSR count). The fourth-order valence-electron chi connectivity index (χ4n) is 3.25. The van der Waals surface area contributed by atoms with Crippen molar-refractivity contribution in [2.24, 2.45) is 0 Å². The summed E-state index contributed by atoms with van der Waals surface area (Å²) < 4.78 is 26.8. The molecule has 1 atom stereocenters. The summed E-state index contributed by atoms with van der Waals surface area (Å²) in [6.45, 7) is 5.63. The number of para-hydroxylation sites is 1. The highest BCUT2D eigenvalue weighted by atomic mass is 32.2. The van der Waals surface area contributed by atoms with Gasteiger partial charge in [-0.25, -0.2) is 8.42 Å². The van der Waals surface area contributed by atoms with Crippen molar-refractivity contribution in [3.8, 4) is 0 Å². The molecule has 0 fully saturated rings. The maximum atomic E-state index is 13.1. The molecule has 6 heteroatoms. The minimum Gasteiger partial charge on any atom is -0.305 e. The number of hydrogen-bond donors (Lipinski definition) is 0. The molecule has 138 valence electrons. The quantitative estimate of drug-likeness (QED) is 0.827. The van der Waals surface area contributed by atoms with Crippen LogP contribution in [0.25, 0.3) is 0 Å². The van der Waals surface area contributed by atoms with Crippen LogP contribution in [0.15, 0.2) is 53.4 Å². The first-order valence-corrected chi connectivity index (χ1v) is 10.2. The maximum Gasteiger partial charge on any atom is 0.258 e. The molecule has 1 heterocycles. The van der Waals surface area contributed by atoms with Crippen molar-refractivity contribution in [3.05, 3.63) is 59.7 Å². The Kier molecular flexibility index (Phi) is 4.90. The van der Waals surface area contributed by atoms with Gasteiger partial charge in [-0.15, -0.1) is 0 Å². The number of nitrogens with zero attached hydrogens (tertiary/aromatic N) is 2. The third kappa shape index (κ3) is 3.15. The Bertz CT molecular complexity index is 938. The summed E-state index contributed by atoms with van der Waals surface area (Å²) in [5.74, 6) is -0.174. The van der Waals surface area contributed by atoms with Gasteiger partial charge in [0, 0.05) is 30.4 Å². The van der Waals surface area contributed by atoms with Gasteiger partial charge >= 0.3 is 0 Å². The summed E-state index contributed by atoms with van der Waals surface area (Å²) in [5.41, 5.74) is 2.42. The lowest BCUT2D eigenvalue weighted by Gasteiger charge is -2.24. The van der Waals surface area contributed by atoms with Crippen LogP contribution in [0.2, 0.25) is 0 Å². The van der Waals surface area contributed by atoms with Crippen LogP contribution in [0.4, 0.5) is 5.69 Å². The first-order chi connectivity index (χ1) is 12.2. The largest absolute Gasteiger partial charge is 0.305 e. The topological polar surface area (TPSA) is 57.7 Å². The third-order valence-corrected chi connectivity index (χ3v) is 6.94. The standard InChI is InChI=1S/C20H24N2O3S/c1-14(2)21(4)26(24,25)18-10-7-9-17(13-18)20(23)22-15(3)12-16-8-5-6-11-19(16)22/h5-11,13-15H,12H2,1-4H3/t15-/m1/s1. The van der Waals surface area contributed by atoms with Gasteiger partial charge in [-0.3, -0.25) is 4.79 Å². The number of amides is 1. The highest BCUT2D eigenvalue weighted by molar-refractivity contribution is 7.89. The van der Waals surface area contributed by atoms with Gasteiger partial charge in [0.25, 0.3) is 5.91 Å². The summed E-state index contributed by atoms with van der Waals surface area (Å²) in [7, 11) is -2.08. The molecule has 1 aliphatic heterocycles. The second-order valence-electron chi connectivity index (χ2n) is 7.00. The van der Waals surface area contributed by atoms with Crippen LogP contribution in [-0.4, -0.2) is 37.8 Å². The second-order valence-corrected chi connectivity index (χ2v) is 9.00. The molecule has 0 aliphatic carbocycles. The summed E-state index contributed by atoms with van der Waals surface area (Å²) >= 11 is 0. The Labute approximate surface area is 155 Å². The lowest BCUT2D eigenvalue weighted by atomic mass is 10.1. The average Bonchev–Trinajstić information content (AvgIpc) is 2.96. The summed E-state index contributed by atoms with van der Waals surface area (Å²) in [6.07, 6.45) is 0.802. The lowest BCUT2D eigenvalue weighted by Crippen LogP contribution is -2.36. The van der Waals surface area contributed by atoms with Crippen LogP contribution in [0, 0.1) is 0 Å². The minimum atomic E-state index is -3.63. The van der Waals surface area contributed by atoms with E-state index in [9.17, 15) is 13.2 Å². The number of carbonyl (C=O) groups is 1. The fraction of sp³-hybridized carbons (Fsp3) is 0.350. The van der Waals surface area contributed by atoms with E-state index in [0.717, 1.165) is 17.7 Å². The summed E-state index contributed by atoms with van der Waals surface area (Å²) in [5, 5.41) is 0. The van der Waals surface area contributed by atoms with Crippen LogP contribution in [0.3, 0.4) is 0 Å². The zero-order valence-electron chi connectivity index (χ0n) is 15.5. The van der Waals surface area contributed by atoms with E-state index >= 15 is 0 Å². The van der Waals surface area contributed by atoms with Crippen LogP contribution in [-0.2, 0) is 16.4 Å². The summed E-state index contributed by atoms with van der Waals surface area (Å²) in [6, 6.07) is 14.0. The average molecular weight is 372 g/mol. The molecule has 0 radical (unpaired) electrons. The van der Waals surface area contributed by atoms with Crippen molar-refractivity contribution in [1.82, 2.24) is 4.31 Å². The predicted molar refractivity (Wildman–Crippen MR) is 103 cm³/mol. The highest BCUT2D eigenvalue weighted by Gasteiger charge is 2.32. The first-order valence-electron chi connectivity index (χ1n) is 8.73. The van der Waals surface area contributed by atoms with Crippen molar-refractivity contribution >= 4 is 21.6 Å². The molecule has 2 aromatic carbocycles. The fourth-order valence-corrected chi connectivity index (χ4v) is 4.66. The monoisotopic (exact) mass is 372 g/mol. The summed E-state index contributed by atoms with van der Waals surface area (Å²) in [4.78, 5) is 15.0. The smallest absolute Gasteiger partial charge is 0.258 e. The molecule has 0 bridgehead atoms. The van der Waals surface area contributed by atoms with Crippen LogP contribution in [0.1, 0.15) is 36.7 Å². The van der Waals surface area contributed by atoms with Gasteiger partial charge in [-0.05, 0) is 57.0 Å². The molecule has 5 nitrogen and oxygen atoms in total. The van der Waals surface area contributed by atoms with Crippen LogP contribution >= 0.6 is 0 Å². The van der Waals surface area contributed by atoms with E-state index in [-0.39, 0.29) is 22.9 Å². The lowest BCUT2D eigenvalue weighted by molar-refractivity contribution is 0.0981. The predicted octanol–water partition coefficient (Wildman–Crippen LogP) is 3.31. The SMILES string of the molecule is CC(C)N(C)S(=O)(=O)c1cccc(C(=O)N2c3ccccc3C[C@H]2C)c1. The van der Waals surface area contributed by atoms with Crippen LogP contribution in [0.5, 0.6) is 0 Å². The van der Waals surface area contributed by atoms with Crippen molar-refractivity contribution in [2.75, 3.05) is 11.9 Å². The number of hydrogen-bond acceptors (Lipinski definition) is 3. The normalized spacial score (nSPS) is 17.0. The van der Waals surface area contributed by atoms with Crippen LogP contribution < -0.4 is 4.90 Å². The van der Waals surface area contributed by atoms with Crippen molar-refractivity contribution < 1.29 is 13.2 Å². The Morgan fingerprint density at radius 3 is 2.54 bits per heavy atom. The van der Waals surface area contributed by atoms with E-state index in [1.807, 2.05) is 45.0 Å². The van der Waals surface area contributed by atoms with E-state index in [4.69, 9.17) is 0 Å². The van der Waals surface area contributed by atoms with E-state index in [2.05, 4.69) is 0 Å². The highest BCUT2D eigenvalue weighted by Crippen LogP contribution is 2.33. The molecular weight excluding hydrogens is 348 g/mol. The van der Waals surface area contributed by atoms with Gasteiger partial charge in [0.05, 0.1) is 4.90 Å². The number of anilines is 1. The molecule has 1 amide bonds. The Hall–Kier alpha value is -2.18.